The number of nitrogens with one attached hydrogen (secondary N) is 1. The molecule has 1 N–H and O–H groups in total. The first-order valence-corrected chi connectivity index (χ1v) is 8.57. The molecule has 0 aromatic heterocycles. The molecule has 0 aliphatic heterocycles. The van der Waals surface area contributed by atoms with E-state index in [4.69, 9.17) is 4.74 Å². The van der Waals surface area contributed by atoms with Gasteiger partial charge < -0.3 is 15.0 Å². The van der Waals surface area contributed by atoms with E-state index in [-0.39, 0.29) is 19.1 Å². The third-order valence-electron chi connectivity index (χ3n) is 3.67. The van der Waals surface area contributed by atoms with Crippen LogP contribution in [0, 0.1) is 11.6 Å². The average Bonchev–Trinajstić information content (AvgIpc) is 2.58. The Hall–Kier alpha value is -2.96. The van der Waals surface area contributed by atoms with E-state index in [0.717, 1.165) is 17.0 Å². The van der Waals surface area contributed by atoms with Crippen LogP contribution in [0.15, 0.2) is 42.5 Å². The zero-order valence-corrected chi connectivity index (χ0v) is 15.5. The summed E-state index contributed by atoms with van der Waals surface area (Å²) in [6.07, 6.45) is -0.205. The number of anilines is 2. The number of benzene rings is 2. The van der Waals surface area contributed by atoms with Crippen LogP contribution in [0.4, 0.5) is 20.2 Å². The van der Waals surface area contributed by atoms with E-state index in [9.17, 15) is 18.4 Å². The van der Waals surface area contributed by atoms with E-state index >= 15 is 0 Å². The number of nitrogens with zero attached hydrogens (tertiary/aromatic N) is 1. The van der Waals surface area contributed by atoms with Crippen LogP contribution >= 0.6 is 0 Å². The first-order valence-electron chi connectivity index (χ1n) is 8.57. The lowest BCUT2D eigenvalue weighted by atomic mass is 10.2. The Morgan fingerprint density at radius 1 is 1.07 bits per heavy atom. The van der Waals surface area contributed by atoms with Crippen molar-refractivity contribution in [3.05, 3.63) is 54.1 Å². The zero-order valence-electron chi connectivity index (χ0n) is 15.5. The number of amides is 2. The monoisotopic (exact) mass is 376 g/mol. The summed E-state index contributed by atoms with van der Waals surface area (Å²) in [7, 11) is 0. The maximum absolute atomic E-state index is 14.0. The zero-order chi connectivity index (χ0) is 20.0. The van der Waals surface area contributed by atoms with Crippen LogP contribution in [0.5, 0.6) is 5.75 Å². The normalized spacial score (nSPS) is 10.6. The van der Waals surface area contributed by atoms with Crippen LogP contribution < -0.4 is 15.0 Å². The molecule has 0 saturated heterocycles. The molecule has 0 radical (unpaired) electrons. The first-order chi connectivity index (χ1) is 12.8. The van der Waals surface area contributed by atoms with Gasteiger partial charge >= 0.3 is 0 Å². The lowest BCUT2D eigenvalue weighted by molar-refractivity contribution is -0.117. The van der Waals surface area contributed by atoms with Crippen molar-refractivity contribution in [1.29, 1.82) is 0 Å². The number of hydrogen-bond acceptors (Lipinski definition) is 3. The average molecular weight is 376 g/mol. The summed E-state index contributed by atoms with van der Waals surface area (Å²) in [5.74, 6) is -2.17. The topological polar surface area (TPSA) is 58.6 Å². The standard InChI is InChI=1S/C20H22F2N2O3/c1-13(2)27-18-10-5-4-9-17(18)23-19(26)11-12-24(14(3)25)20-15(21)7-6-8-16(20)22/h4-10,13H,11-12H2,1-3H3,(H,23,26). The number of carbonyl (C=O) groups excluding carboxylic acids is 2. The number of carbonyl (C=O) groups is 2. The summed E-state index contributed by atoms with van der Waals surface area (Å²) in [5, 5.41) is 2.70. The molecule has 2 amide bonds. The van der Waals surface area contributed by atoms with Gasteiger partial charge in [-0.3, -0.25) is 9.59 Å². The van der Waals surface area contributed by atoms with Gasteiger partial charge in [-0.1, -0.05) is 18.2 Å². The third kappa shape index (κ3) is 5.51. The Morgan fingerprint density at radius 2 is 1.70 bits per heavy atom. The molecule has 2 aromatic carbocycles. The van der Waals surface area contributed by atoms with Gasteiger partial charge in [-0.15, -0.1) is 0 Å². The maximum atomic E-state index is 14.0. The van der Waals surface area contributed by atoms with E-state index in [2.05, 4.69) is 5.32 Å². The van der Waals surface area contributed by atoms with Crippen molar-refractivity contribution < 1.29 is 23.1 Å². The van der Waals surface area contributed by atoms with E-state index in [1.54, 1.807) is 24.3 Å². The molecular formula is C20H22F2N2O3. The second-order valence-corrected chi connectivity index (χ2v) is 6.20. The highest BCUT2D eigenvalue weighted by atomic mass is 19.1. The summed E-state index contributed by atoms with van der Waals surface area (Å²) >= 11 is 0. The van der Waals surface area contributed by atoms with Gasteiger partial charge in [0.05, 0.1) is 11.8 Å². The fourth-order valence-corrected chi connectivity index (χ4v) is 2.53. The molecule has 0 saturated carbocycles. The molecular weight excluding hydrogens is 354 g/mol. The fraction of sp³-hybridized carbons (Fsp3) is 0.300. The molecule has 7 heteroatoms. The summed E-state index contributed by atoms with van der Waals surface area (Å²) in [6.45, 7) is 4.76. The van der Waals surface area contributed by atoms with Crippen LogP contribution in [0.2, 0.25) is 0 Å². The van der Waals surface area contributed by atoms with Crippen LogP contribution in [-0.2, 0) is 9.59 Å². The molecule has 0 bridgehead atoms. The van der Waals surface area contributed by atoms with Crippen molar-refractivity contribution in [3.63, 3.8) is 0 Å². The fourth-order valence-electron chi connectivity index (χ4n) is 2.53. The molecule has 27 heavy (non-hydrogen) atoms. The Balaban J connectivity index is 2.09. The Labute approximate surface area is 156 Å². The smallest absolute Gasteiger partial charge is 0.226 e. The van der Waals surface area contributed by atoms with Crippen molar-refractivity contribution >= 4 is 23.2 Å². The minimum absolute atomic E-state index is 0.0692. The summed E-state index contributed by atoms with van der Waals surface area (Å²) in [5.41, 5.74) is 0.0315. The number of hydrogen-bond donors (Lipinski definition) is 1. The van der Waals surface area contributed by atoms with Crippen LogP contribution in [0.1, 0.15) is 27.2 Å². The second-order valence-electron chi connectivity index (χ2n) is 6.20. The number of rotatable bonds is 7. The maximum Gasteiger partial charge on any atom is 0.226 e. The minimum atomic E-state index is -0.860. The number of halogens is 2. The first kappa shape index (κ1) is 20.4. The largest absolute Gasteiger partial charge is 0.489 e. The Morgan fingerprint density at radius 3 is 2.30 bits per heavy atom. The SMILES string of the molecule is CC(=O)N(CCC(=O)Nc1ccccc1OC(C)C)c1c(F)cccc1F. The van der Waals surface area contributed by atoms with Crippen molar-refractivity contribution in [2.24, 2.45) is 0 Å². The minimum Gasteiger partial charge on any atom is -0.489 e. The van der Waals surface area contributed by atoms with Gasteiger partial charge in [-0.2, -0.15) is 0 Å². The molecule has 0 unspecified atom stereocenters. The van der Waals surface area contributed by atoms with Crippen molar-refractivity contribution in [2.45, 2.75) is 33.3 Å². The lowest BCUT2D eigenvalue weighted by Crippen LogP contribution is -2.33. The molecule has 0 heterocycles. The molecule has 2 aromatic rings. The van der Waals surface area contributed by atoms with Crippen molar-refractivity contribution in [2.75, 3.05) is 16.8 Å². The van der Waals surface area contributed by atoms with Gasteiger partial charge in [-0.25, -0.2) is 8.78 Å². The molecule has 0 spiro atoms. The van der Waals surface area contributed by atoms with Crippen molar-refractivity contribution in [1.82, 2.24) is 0 Å². The second kappa shape index (κ2) is 9.12. The van der Waals surface area contributed by atoms with Gasteiger partial charge in [0.25, 0.3) is 0 Å². The lowest BCUT2D eigenvalue weighted by Gasteiger charge is -2.22. The third-order valence-corrected chi connectivity index (χ3v) is 3.67. The van der Waals surface area contributed by atoms with E-state index in [1.807, 2.05) is 13.8 Å². The molecule has 2 rings (SSSR count). The van der Waals surface area contributed by atoms with E-state index in [1.165, 1.54) is 13.0 Å². The predicted octanol–water partition coefficient (Wildman–Crippen LogP) is 4.13. The predicted molar refractivity (Wildman–Crippen MR) is 99.8 cm³/mol. The molecule has 144 valence electrons. The van der Waals surface area contributed by atoms with Gasteiger partial charge in [0.15, 0.2) is 0 Å². The van der Waals surface area contributed by atoms with E-state index in [0.29, 0.717) is 11.4 Å². The molecule has 0 atom stereocenters. The summed E-state index contributed by atoms with van der Waals surface area (Å²) < 4.78 is 33.5. The molecule has 0 fully saturated rings. The molecule has 5 nitrogen and oxygen atoms in total. The van der Waals surface area contributed by atoms with Crippen LogP contribution in [0.25, 0.3) is 0 Å². The quantitative estimate of drug-likeness (QED) is 0.790. The van der Waals surface area contributed by atoms with Gasteiger partial charge in [0, 0.05) is 19.9 Å². The van der Waals surface area contributed by atoms with Gasteiger partial charge in [0.2, 0.25) is 11.8 Å². The summed E-state index contributed by atoms with van der Waals surface area (Å²) in [6, 6.07) is 10.3. The molecule has 0 aliphatic carbocycles. The Kier molecular flexibility index (Phi) is 6.87. The van der Waals surface area contributed by atoms with E-state index < -0.39 is 29.1 Å². The number of ether oxygens (including phenoxy) is 1. The molecule has 0 aliphatic rings. The highest BCUT2D eigenvalue weighted by molar-refractivity contribution is 5.95. The highest BCUT2D eigenvalue weighted by Crippen LogP contribution is 2.26. The van der Waals surface area contributed by atoms with Crippen molar-refractivity contribution in [3.8, 4) is 5.75 Å². The Bertz CT molecular complexity index is 804. The van der Waals surface area contributed by atoms with Crippen LogP contribution in [-0.4, -0.2) is 24.5 Å². The van der Waals surface area contributed by atoms with Gasteiger partial charge in [-0.05, 0) is 38.1 Å². The van der Waals surface area contributed by atoms with Gasteiger partial charge in [0.1, 0.15) is 23.1 Å². The highest BCUT2D eigenvalue weighted by Gasteiger charge is 2.21. The number of para-hydroxylation sites is 3. The summed E-state index contributed by atoms with van der Waals surface area (Å²) in [4.78, 5) is 25.0. The van der Waals surface area contributed by atoms with Crippen LogP contribution in [0.3, 0.4) is 0 Å².